The Balaban J connectivity index is -0.000000413. The molecule has 1 amide bonds. The fraction of sp³-hybridized carbons (Fsp3) is 0.562. The van der Waals surface area contributed by atoms with Gasteiger partial charge in [0.15, 0.2) is 11.1 Å². The van der Waals surface area contributed by atoms with Crippen LogP contribution in [0.3, 0.4) is 0 Å². The van der Waals surface area contributed by atoms with Gasteiger partial charge in [0.25, 0.3) is 0 Å². The SMILES string of the molecule is CC(COS(C)=O)NC(=O)OC(C)(C)C.Cc1ccccc1.O.[HH]. The van der Waals surface area contributed by atoms with Crippen molar-refractivity contribution in [2.75, 3.05) is 12.9 Å². The summed E-state index contributed by atoms with van der Waals surface area (Å²) in [7, 11) is 0. The van der Waals surface area contributed by atoms with Crippen molar-refractivity contribution in [2.24, 2.45) is 0 Å². The highest BCUT2D eigenvalue weighted by atomic mass is 32.2. The molecule has 1 rings (SSSR count). The average molecular weight is 349 g/mol. The van der Waals surface area contributed by atoms with Crippen molar-refractivity contribution >= 4 is 17.2 Å². The van der Waals surface area contributed by atoms with Crippen LogP contribution in [0.5, 0.6) is 0 Å². The second kappa shape index (κ2) is 12.0. The van der Waals surface area contributed by atoms with E-state index in [4.69, 9.17) is 8.92 Å². The van der Waals surface area contributed by atoms with Crippen LogP contribution < -0.4 is 5.32 Å². The summed E-state index contributed by atoms with van der Waals surface area (Å²) < 4.78 is 20.5. The van der Waals surface area contributed by atoms with E-state index in [1.165, 1.54) is 11.8 Å². The molecule has 0 aliphatic carbocycles. The van der Waals surface area contributed by atoms with Crippen LogP contribution in [0.25, 0.3) is 0 Å². The minimum absolute atomic E-state index is 0. The Labute approximate surface area is 143 Å². The van der Waals surface area contributed by atoms with Gasteiger partial charge in [-0.15, -0.1) is 0 Å². The second-order valence-corrected chi connectivity index (χ2v) is 6.93. The number of alkyl carbamates (subject to hydrolysis) is 1. The van der Waals surface area contributed by atoms with Gasteiger partial charge in [-0.3, -0.25) is 4.18 Å². The molecule has 0 aliphatic rings. The highest BCUT2D eigenvalue weighted by Crippen LogP contribution is 2.06. The van der Waals surface area contributed by atoms with E-state index < -0.39 is 22.8 Å². The molecule has 7 heteroatoms. The second-order valence-electron chi connectivity index (χ2n) is 5.89. The molecule has 2 atom stereocenters. The van der Waals surface area contributed by atoms with Gasteiger partial charge in [0, 0.05) is 7.68 Å². The van der Waals surface area contributed by atoms with Crippen LogP contribution in [-0.2, 0) is 20.0 Å². The molecule has 1 aromatic rings. The number of benzene rings is 1. The van der Waals surface area contributed by atoms with Crippen LogP contribution in [0.2, 0.25) is 0 Å². The molecule has 0 aromatic heterocycles. The minimum Gasteiger partial charge on any atom is -0.444 e. The van der Waals surface area contributed by atoms with Crippen molar-refractivity contribution in [1.29, 1.82) is 0 Å². The normalized spacial score (nSPS) is 12.8. The van der Waals surface area contributed by atoms with Gasteiger partial charge in [0.1, 0.15) is 5.60 Å². The molecule has 0 spiro atoms. The highest BCUT2D eigenvalue weighted by molar-refractivity contribution is 7.79. The third-order valence-electron chi connectivity index (χ3n) is 2.19. The number of hydrogen-bond donors (Lipinski definition) is 1. The molecule has 0 heterocycles. The summed E-state index contributed by atoms with van der Waals surface area (Å²) in [6.07, 6.45) is 0.931. The first-order chi connectivity index (χ1) is 10.1. The number of aryl methyl sites for hydroxylation is 1. The number of carbonyl (C=O) groups is 1. The van der Waals surface area contributed by atoms with Gasteiger partial charge >= 0.3 is 6.09 Å². The zero-order valence-electron chi connectivity index (χ0n) is 14.7. The zero-order valence-corrected chi connectivity index (χ0v) is 15.5. The Morgan fingerprint density at radius 3 is 2.17 bits per heavy atom. The van der Waals surface area contributed by atoms with Gasteiger partial charge in [0.05, 0.1) is 12.6 Å². The smallest absolute Gasteiger partial charge is 0.407 e. The lowest BCUT2D eigenvalue weighted by molar-refractivity contribution is 0.0495. The van der Waals surface area contributed by atoms with Crippen LogP contribution in [-0.4, -0.2) is 40.3 Å². The Kier molecular flexibility index (Phi) is 12.5. The maximum Gasteiger partial charge on any atom is 0.407 e. The molecule has 1 aromatic carbocycles. The Bertz CT molecular complexity index is 465. The zero-order chi connectivity index (χ0) is 17.2. The van der Waals surface area contributed by atoms with Crippen molar-refractivity contribution < 1.29 is 24.8 Å². The molecule has 6 nitrogen and oxygen atoms in total. The van der Waals surface area contributed by atoms with Crippen LogP contribution >= 0.6 is 0 Å². The van der Waals surface area contributed by atoms with E-state index in [-0.39, 0.29) is 19.6 Å². The number of rotatable bonds is 4. The first kappa shape index (κ1) is 23.8. The van der Waals surface area contributed by atoms with E-state index in [0.29, 0.717) is 0 Å². The number of carbonyl (C=O) groups excluding carboxylic acids is 1. The van der Waals surface area contributed by atoms with Crippen LogP contribution in [0.1, 0.15) is 34.7 Å². The van der Waals surface area contributed by atoms with Crippen LogP contribution in [0, 0.1) is 6.92 Å². The topological polar surface area (TPSA) is 96.1 Å². The fourth-order valence-electron chi connectivity index (χ4n) is 1.28. The van der Waals surface area contributed by atoms with E-state index in [0.717, 1.165) is 0 Å². The predicted molar refractivity (Wildman–Crippen MR) is 95.8 cm³/mol. The molecule has 2 unspecified atom stereocenters. The summed E-state index contributed by atoms with van der Waals surface area (Å²) in [5.74, 6) is 0. The Morgan fingerprint density at radius 1 is 1.30 bits per heavy atom. The molecule has 0 saturated heterocycles. The Morgan fingerprint density at radius 2 is 1.83 bits per heavy atom. The van der Waals surface area contributed by atoms with Crippen molar-refractivity contribution in [3.05, 3.63) is 35.9 Å². The molecule has 136 valence electrons. The molecular weight excluding hydrogens is 318 g/mol. The molecular formula is C16H31NO5S. The number of ether oxygens (including phenoxy) is 1. The number of nitrogens with one attached hydrogen (secondary N) is 1. The van der Waals surface area contributed by atoms with Gasteiger partial charge in [0.2, 0.25) is 0 Å². The van der Waals surface area contributed by atoms with Gasteiger partial charge in [-0.2, -0.15) is 0 Å². The summed E-state index contributed by atoms with van der Waals surface area (Å²) in [5.41, 5.74) is 0.806. The molecule has 0 aliphatic heterocycles. The van der Waals surface area contributed by atoms with Crippen molar-refractivity contribution in [2.45, 2.75) is 46.3 Å². The number of amides is 1. The lowest BCUT2D eigenvalue weighted by Crippen LogP contribution is -2.39. The van der Waals surface area contributed by atoms with Crippen molar-refractivity contribution in [3.8, 4) is 0 Å². The molecule has 0 saturated carbocycles. The monoisotopic (exact) mass is 349 g/mol. The molecule has 0 fully saturated rings. The van der Waals surface area contributed by atoms with Gasteiger partial charge < -0.3 is 15.5 Å². The summed E-state index contributed by atoms with van der Waals surface area (Å²) in [4.78, 5) is 11.2. The maximum absolute atomic E-state index is 11.2. The van der Waals surface area contributed by atoms with E-state index in [9.17, 15) is 9.00 Å². The predicted octanol–water partition coefficient (Wildman–Crippen LogP) is 2.63. The average Bonchev–Trinajstić information content (AvgIpc) is 2.35. The number of hydrogen-bond acceptors (Lipinski definition) is 4. The van der Waals surface area contributed by atoms with E-state index in [1.807, 2.05) is 18.2 Å². The van der Waals surface area contributed by atoms with Crippen molar-refractivity contribution in [1.82, 2.24) is 5.32 Å². The summed E-state index contributed by atoms with van der Waals surface area (Å²) in [6, 6.07) is 10.0. The maximum atomic E-state index is 11.2. The van der Waals surface area contributed by atoms with Crippen LogP contribution in [0.15, 0.2) is 30.3 Å². The van der Waals surface area contributed by atoms with Crippen molar-refractivity contribution in [3.63, 3.8) is 0 Å². The summed E-state index contributed by atoms with van der Waals surface area (Å²) in [5, 5.41) is 2.57. The van der Waals surface area contributed by atoms with Gasteiger partial charge in [-0.1, -0.05) is 35.9 Å². The quantitative estimate of drug-likeness (QED) is 0.903. The summed E-state index contributed by atoms with van der Waals surface area (Å²) in [6.45, 7) is 9.39. The van der Waals surface area contributed by atoms with Gasteiger partial charge in [-0.05, 0) is 34.6 Å². The molecule has 23 heavy (non-hydrogen) atoms. The van der Waals surface area contributed by atoms with Crippen LogP contribution in [0.4, 0.5) is 4.79 Å². The molecule has 0 bridgehead atoms. The molecule has 0 radical (unpaired) electrons. The fourth-order valence-corrected chi connectivity index (χ4v) is 1.68. The standard InChI is InChI=1S/C9H19NO4S.C7H8.H2O.H2/c1-7(6-13-15(5)12)10-8(11)14-9(2,3)4;1-7-5-3-2-4-6-7;;/h7H,6H2,1-5H3,(H,10,11);2-6H,1H3;1H2;1H. The largest absolute Gasteiger partial charge is 0.444 e. The lowest BCUT2D eigenvalue weighted by Gasteiger charge is -2.21. The van der Waals surface area contributed by atoms with E-state index >= 15 is 0 Å². The minimum atomic E-state index is -1.31. The highest BCUT2D eigenvalue weighted by Gasteiger charge is 2.17. The summed E-state index contributed by atoms with van der Waals surface area (Å²) >= 11 is -1.31. The lowest BCUT2D eigenvalue weighted by atomic mass is 10.2. The van der Waals surface area contributed by atoms with E-state index in [1.54, 1.807) is 27.7 Å². The third kappa shape index (κ3) is 16.8. The first-order valence-corrected chi connectivity index (χ1v) is 8.56. The van der Waals surface area contributed by atoms with Gasteiger partial charge in [-0.25, -0.2) is 9.00 Å². The van der Waals surface area contributed by atoms with E-state index in [2.05, 4.69) is 24.4 Å². The Hall–Kier alpha value is -1.44. The third-order valence-corrected chi connectivity index (χ3v) is 2.66. The molecule has 3 N–H and O–H groups in total. The first-order valence-electron chi connectivity index (χ1n) is 7.08.